The molecule has 3 rings (SSSR count). The van der Waals surface area contributed by atoms with Gasteiger partial charge in [0.15, 0.2) is 0 Å². The van der Waals surface area contributed by atoms with Crippen LogP contribution in [0.15, 0.2) is 41.5 Å². The maximum Gasteiger partial charge on any atom is 0.348 e. The number of H-pyrrole nitrogens is 1. The van der Waals surface area contributed by atoms with Gasteiger partial charge >= 0.3 is 18.0 Å². The van der Waals surface area contributed by atoms with Gasteiger partial charge in [-0.05, 0) is 24.3 Å². The van der Waals surface area contributed by atoms with Crippen molar-refractivity contribution in [1.82, 2.24) is 15.5 Å². The van der Waals surface area contributed by atoms with E-state index >= 15 is 0 Å². The van der Waals surface area contributed by atoms with Crippen LogP contribution < -0.4 is 5.32 Å². The summed E-state index contributed by atoms with van der Waals surface area (Å²) in [6.45, 7) is 0. The number of carbonyl (C=O) groups excluding carboxylic acids is 2. The average molecular weight is 360 g/mol. The Morgan fingerprint density at radius 2 is 1.92 bits per heavy atom. The molecule has 0 bridgehead atoms. The number of amides is 3. The molecular weight excluding hydrogens is 350 g/mol. The van der Waals surface area contributed by atoms with Gasteiger partial charge < -0.3 is 0 Å². The minimum Gasteiger partial charge on any atom is -0.277 e. The van der Waals surface area contributed by atoms with Crippen LogP contribution in [0, 0.1) is 10.1 Å². The number of urea groups is 1. The lowest BCUT2D eigenvalue weighted by atomic mass is 10.1. The number of imide groups is 1. The number of nitrogens with zero attached hydrogens (tertiary/aromatic N) is 3. The number of aliphatic imine (C=N–C) groups is 1. The normalized spacial score (nSPS) is 17.5. The zero-order chi connectivity index (χ0) is 18.0. The van der Waals surface area contributed by atoms with Gasteiger partial charge in [0.2, 0.25) is 0 Å². The Morgan fingerprint density at radius 3 is 2.60 bits per heavy atom. The summed E-state index contributed by atoms with van der Waals surface area (Å²) in [6, 6.07) is 4.31. The molecule has 2 aromatic rings. The van der Waals surface area contributed by atoms with Gasteiger partial charge in [-0.3, -0.25) is 25.3 Å². The number of nitro groups is 1. The van der Waals surface area contributed by atoms with E-state index in [-0.39, 0.29) is 5.71 Å². The first kappa shape index (κ1) is 16.5. The fourth-order valence-electron chi connectivity index (χ4n) is 2.29. The monoisotopic (exact) mass is 359 g/mol. The molecule has 0 radical (unpaired) electrons. The van der Waals surface area contributed by atoms with Crippen molar-refractivity contribution in [2.24, 2.45) is 4.99 Å². The molecule has 1 aliphatic heterocycles. The SMILES string of the molecule is O=C1N=C(/C=C/c2cn[nH]c2-c2ccc(Cl)cc2)C([N+](=O)[O-])C(=O)N1. The second-order valence-corrected chi connectivity index (χ2v) is 5.50. The van der Waals surface area contributed by atoms with Crippen molar-refractivity contribution in [2.45, 2.75) is 6.04 Å². The maximum atomic E-state index is 11.6. The molecule has 0 saturated heterocycles. The minimum atomic E-state index is -1.74. The highest BCUT2D eigenvalue weighted by Crippen LogP contribution is 2.24. The summed E-state index contributed by atoms with van der Waals surface area (Å²) in [5.41, 5.74) is 1.80. The van der Waals surface area contributed by atoms with Crippen molar-refractivity contribution in [3.8, 4) is 11.3 Å². The first-order valence-electron chi connectivity index (χ1n) is 7.00. The van der Waals surface area contributed by atoms with Gasteiger partial charge in [0.25, 0.3) is 0 Å². The second kappa shape index (κ2) is 6.65. The molecule has 10 heteroatoms. The van der Waals surface area contributed by atoms with Crippen LogP contribution in [-0.2, 0) is 4.79 Å². The molecule has 0 aliphatic carbocycles. The van der Waals surface area contributed by atoms with Crippen molar-refractivity contribution in [2.75, 3.05) is 0 Å². The van der Waals surface area contributed by atoms with E-state index in [4.69, 9.17) is 11.6 Å². The Hall–Kier alpha value is -3.33. The number of benzene rings is 1. The van der Waals surface area contributed by atoms with Crippen LogP contribution in [0.3, 0.4) is 0 Å². The Morgan fingerprint density at radius 1 is 1.20 bits per heavy atom. The van der Waals surface area contributed by atoms with Crippen molar-refractivity contribution >= 4 is 35.3 Å². The number of halogens is 1. The Bertz CT molecular complexity index is 916. The lowest BCUT2D eigenvalue weighted by Crippen LogP contribution is -2.50. The summed E-state index contributed by atoms with van der Waals surface area (Å²) in [5, 5.41) is 20.2. The summed E-state index contributed by atoms with van der Waals surface area (Å²) < 4.78 is 0. The fourth-order valence-corrected chi connectivity index (χ4v) is 2.42. The molecule has 1 atom stereocenters. The molecule has 1 aromatic carbocycles. The molecule has 1 aromatic heterocycles. The molecule has 126 valence electrons. The molecule has 2 heterocycles. The second-order valence-electron chi connectivity index (χ2n) is 5.06. The van der Waals surface area contributed by atoms with Crippen molar-refractivity contribution in [3.63, 3.8) is 0 Å². The molecule has 0 fully saturated rings. The number of carbonyl (C=O) groups is 2. The van der Waals surface area contributed by atoms with Crippen LogP contribution in [-0.4, -0.2) is 38.8 Å². The number of nitrogens with one attached hydrogen (secondary N) is 2. The molecule has 0 saturated carbocycles. The minimum absolute atomic E-state index is 0.248. The first-order valence-corrected chi connectivity index (χ1v) is 7.38. The standard InChI is InChI=1S/C15H10ClN5O4/c16-10-4-1-8(2-5-10)12-9(7-17-20-12)3-6-11-13(21(24)25)14(22)19-15(23)18-11/h1-7,13H,(H,17,20)(H,19,22,23)/b6-3+. The summed E-state index contributed by atoms with van der Waals surface area (Å²) in [7, 11) is 0. The van der Waals surface area contributed by atoms with Gasteiger partial charge in [-0.1, -0.05) is 23.7 Å². The van der Waals surface area contributed by atoms with E-state index in [2.05, 4.69) is 15.2 Å². The highest BCUT2D eigenvalue weighted by molar-refractivity contribution is 6.30. The number of aromatic amines is 1. The smallest absolute Gasteiger partial charge is 0.277 e. The van der Waals surface area contributed by atoms with E-state index in [1.54, 1.807) is 29.6 Å². The van der Waals surface area contributed by atoms with E-state index in [1.807, 2.05) is 0 Å². The van der Waals surface area contributed by atoms with Gasteiger partial charge in [0, 0.05) is 21.1 Å². The number of hydrogen-bond donors (Lipinski definition) is 2. The Balaban J connectivity index is 1.93. The van der Waals surface area contributed by atoms with Crippen LogP contribution in [0.2, 0.25) is 5.02 Å². The van der Waals surface area contributed by atoms with Crippen molar-refractivity contribution in [1.29, 1.82) is 0 Å². The number of hydrogen-bond acceptors (Lipinski definition) is 5. The topological polar surface area (TPSA) is 130 Å². The zero-order valence-electron chi connectivity index (χ0n) is 12.5. The molecule has 1 aliphatic rings. The molecular formula is C15H10ClN5O4. The fraction of sp³-hybridized carbons (Fsp3) is 0.0667. The predicted octanol–water partition coefficient (Wildman–Crippen LogP) is 2.08. The molecule has 25 heavy (non-hydrogen) atoms. The van der Waals surface area contributed by atoms with E-state index in [1.165, 1.54) is 18.3 Å². The molecule has 1 unspecified atom stereocenters. The van der Waals surface area contributed by atoms with Crippen LogP contribution in [0.25, 0.3) is 17.3 Å². The quantitative estimate of drug-likeness (QED) is 0.637. The van der Waals surface area contributed by atoms with Gasteiger partial charge in [0.05, 0.1) is 11.9 Å². The van der Waals surface area contributed by atoms with Crippen LogP contribution in [0.1, 0.15) is 5.56 Å². The Labute approximate surface area is 145 Å². The van der Waals surface area contributed by atoms with Gasteiger partial charge in [-0.2, -0.15) is 10.1 Å². The third-order valence-electron chi connectivity index (χ3n) is 3.44. The summed E-state index contributed by atoms with van der Waals surface area (Å²) in [5.74, 6) is -1.02. The lowest BCUT2D eigenvalue weighted by Gasteiger charge is -2.12. The van der Waals surface area contributed by atoms with E-state index in [0.717, 1.165) is 5.56 Å². The molecule has 2 N–H and O–H groups in total. The van der Waals surface area contributed by atoms with Crippen LogP contribution >= 0.6 is 11.6 Å². The van der Waals surface area contributed by atoms with Crippen LogP contribution in [0.4, 0.5) is 4.79 Å². The third-order valence-corrected chi connectivity index (χ3v) is 3.69. The van der Waals surface area contributed by atoms with Gasteiger partial charge in [0.1, 0.15) is 5.71 Å². The van der Waals surface area contributed by atoms with Crippen molar-refractivity contribution < 1.29 is 14.5 Å². The maximum absolute atomic E-state index is 11.6. The molecule has 0 spiro atoms. The predicted molar refractivity (Wildman–Crippen MR) is 89.8 cm³/mol. The van der Waals surface area contributed by atoms with E-state index in [0.29, 0.717) is 16.3 Å². The third kappa shape index (κ3) is 3.45. The highest BCUT2D eigenvalue weighted by Gasteiger charge is 2.39. The summed E-state index contributed by atoms with van der Waals surface area (Å²) in [6.07, 6.45) is 4.26. The number of rotatable bonds is 4. The largest absolute Gasteiger partial charge is 0.348 e. The van der Waals surface area contributed by atoms with Gasteiger partial charge in [-0.15, -0.1) is 0 Å². The zero-order valence-corrected chi connectivity index (χ0v) is 13.2. The molecule has 3 amide bonds. The van der Waals surface area contributed by atoms with Gasteiger partial charge in [-0.25, -0.2) is 4.79 Å². The Kier molecular flexibility index (Phi) is 4.40. The highest BCUT2D eigenvalue weighted by atomic mass is 35.5. The van der Waals surface area contributed by atoms with E-state index < -0.39 is 22.9 Å². The van der Waals surface area contributed by atoms with Crippen molar-refractivity contribution in [3.05, 3.63) is 57.2 Å². The first-order chi connectivity index (χ1) is 12.0. The van der Waals surface area contributed by atoms with E-state index in [9.17, 15) is 19.7 Å². The lowest BCUT2D eigenvalue weighted by molar-refractivity contribution is -0.489. The average Bonchev–Trinajstić information content (AvgIpc) is 3.01. The van der Waals surface area contributed by atoms with Crippen LogP contribution in [0.5, 0.6) is 0 Å². The summed E-state index contributed by atoms with van der Waals surface area (Å²) in [4.78, 5) is 36.7. The summed E-state index contributed by atoms with van der Waals surface area (Å²) >= 11 is 5.86. The molecule has 9 nitrogen and oxygen atoms in total. The number of aromatic nitrogens is 2.